The Balaban J connectivity index is 1.30. The van der Waals surface area contributed by atoms with Gasteiger partial charge in [-0.2, -0.15) is 0 Å². The fourth-order valence-electron chi connectivity index (χ4n) is 3.74. The monoisotopic (exact) mass is 330 g/mol. The number of carbonyl (C=O) groups is 1. The molecule has 2 fully saturated rings. The minimum Gasteiger partial charge on any atom is -0.338 e. The smallest absolute Gasteiger partial charge is 0.317 e. The van der Waals surface area contributed by atoms with E-state index >= 15 is 0 Å². The number of nitrogens with zero attached hydrogens (tertiary/aromatic N) is 2. The summed E-state index contributed by atoms with van der Waals surface area (Å²) in [6.07, 6.45) is 4.48. The van der Waals surface area contributed by atoms with E-state index in [1.807, 2.05) is 4.90 Å². The maximum Gasteiger partial charge on any atom is 0.317 e. The molecule has 0 radical (unpaired) electrons. The molecule has 0 aromatic heterocycles. The summed E-state index contributed by atoms with van der Waals surface area (Å²) in [4.78, 5) is 16.4. The Hall–Kier alpha value is -1.59. The van der Waals surface area contributed by atoms with Crippen LogP contribution in [0.15, 0.2) is 30.3 Å². The van der Waals surface area contributed by atoms with Crippen molar-refractivity contribution in [3.8, 4) is 0 Å². The van der Waals surface area contributed by atoms with E-state index in [4.69, 9.17) is 5.73 Å². The maximum atomic E-state index is 12.0. The van der Waals surface area contributed by atoms with E-state index in [1.54, 1.807) is 0 Å². The zero-order valence-electron chi connectivity index (χ0n) is 14.5. The van der Waals surface area contributed by atoms with Gasteiger partial charge in [0.05, 0.1) is 0 Å². The minimum atomic E-state index is 0.0597. The van der Waals surface area contributed by atoms with Crippen molar-refractivity contribution in [1.29, 1.82) is 0 Å². The van der Waals surface area contributed by atoms with E-state index in [0.717, 1.165) is 51.5 Å². The number of hydrogen-bond donors (Lipinski definition) is 2. The van der Waals surface area contributed by atoms with Crippen LogP contribution < -0.4 is 11.1 Å². The summed E-state index contributed by atoms with van der Waals surface area (Å²) in [6, 6.07) is 10.9. The van der Waals surface area contributed by atoms with Crippen molar-refractivity contribution >= 4 is 6.03 Å². The van der Waals surface area contributed by atoms with Gasteiger partial charge >= 0.3 is 6.03 Å². The molecule has 2 aliphatic heterocycles. The van der Waals surface area contributed by atoms with Crippen molar-refractivity contribution in [3.63, 3.8) is 0 Å². The molecule has 0 aliphatic carbocycles. The third-order valence-electron chi connectivity index (χ3n) is 5.30. The van der Waals surface area contributed by atoms with E-state index in [0.29, 0.717) is 6.54 Å². The van der Waals surface area contributed by atoms with Crippen LogP contribution in [0.4, 0.5) is 4.79 Å². The van der Waals surface area contributed by atoms with Gasteiger partial charge in [-0.3, -0.25) is 4.90 Å². The molecule has 2 aliphatic rings. The van der Waals surface area contributed by atoms with Crippen LogP contribution in [0.1, 0.15) is 31.2 Å². The van der Waals surface area contributed by atoms with E-state index in [2.05, 4.69) is 40.5 Å². The predicted molar refractivity (Wildman–Crippen MR) is 96.6 cm³/mol. The maximum absolute atomic E-state index is 12.0. The molecule has 1 atom stereocenters. The van der Waals surface area contributed by atoms with Crippen LogP contribution in [0.3, 0.4) is 0 Å². The summed E-state index contributed by atoms with van der Waals surface area (Å²) in [5.41, 5.74) is 7.25. The molecule has 0 spiro atoms. The van der Waals surface area contributed by atoms with Crippen LogP contribution >= 0.6 is 0 Å². The van der Waals surface area contributed by atoms with Gasteiger partial charge in [0, 0.05) is 32.2 Å². The number of piperidine rings is 1. The van der Waals surface area contributed by atoms with Gasteiger partial charge in [0.25, 0.3) is 0 Å². The highest BCUT2D eigenvalue weighted by atomic mass is 16.2. The predicted octanol–water partition coefficient (Wildman–Crippen LogP) is 2.03. The van der Waals surface area contributed by atoms with Crippen molar-refractivity contribution in [2.75, 3.05) is 32.7 Å². The Morgan fingerprint density at radius 2 is 1.88 bits per heavy atom. The number of urea groups is 1. The van der Waals surface area contributed by atoms with Crippen LogP contribution in [-0.2, 0) is 6.54 Å². The first-order valence-corrected chi connectivity index (χ1v) is 9.25. The minimum absolute atomic E-state index is 0.0597. The van der Waals surface area contributed by atoms with Crippen molar-refractivity contribution in [2.24, 2.45) is 11.7 Å². The number of nitrogens with one attached hydrogen (secondary N) is 1. The van der Waals surface area contributed by atoms with Crippen molar-refractivity contribution in [1.82, 2.24) is 15.1 Å². The van der Waals surface area contributed by atoms with Gasteiger partial charge in [-0.15, -0.1) is 0 Å². The molecule has 0 bridgehead atoms. The van der Waals surface area contributed by atoms with E-state index in [9.17, 15) is 4.79 Å². The lowest BCUT2D eigenvalue weighted by Gasteiger charge is -2.32. The highest BCUT2D eigenvalue weighted by molar-refractivity contribution is 5.74. The molecule has 2 heterocycles. The van der Waals surface area contributed by atoms with Gasteiger partial charge in [0.2, 0.25) is 0 Å². The SMILES string of the molecule is NC1CCN(C(=O)NCCC2CCN(Cc3ccccc3)CC2)C1. The van der Waals surface area contributed by atoms with Crippen molar-refractivity contribution < 1.29 is 4.79 Å². The summed E-state index contributed by atoms with van der Waals surface area (Å²) in [5.74, 6) is 0.734. The third kappa shape index (κ3) is 4.95. The normalized spacial score (nSPS) is 22.7. The lowest BCUT2D eigenvalue weighted by Crippen LogP contribution is -2.41. The van der Waals surface area contributed by atoms with Crippen LogP contribution in [0.2, 0.25) is 0 Å². The van der Waals surface area contributed by atoms with E-state index in [1.165, 1.54) is 18.4 Å². The van der Waals surface area contributed by atoms with Crippen LogP contribution in [0, 0.1) is 5.92 Å². The fraction of sp³-hybridized carbons (Fsp3) is 0.632. The van der Waals surface area contributed by atoms with Gasteiger partial charge in [0.1, 0.15) is 0 Å². The first-order chi connectivity index (χ1) is 11.7. The average Bonchev–Trinajstić information content (AvgIpc) is 3.04. The van der Waals surface area contributed by atoms with E-state index < -0.39 is 0 Å². The standard InChI is InChI=1S/C19H30N4O/c20-18-9-13-23(15-18)19(24)21-10-6-16-7-11-22(12-8-16)14-17-4-2-1-3-5-17/h1-5,16,18H,6-15,20H2,(H,21,24). The third-order valence-corrected chi connectivity index (χ3v) is 5.30. The first kappa shape index (κ1) is 17.2. The van der Waals surface area contributed by atoms with Gasteiger partial charge in [-0.25, -0.2) is 4.79 Å². The molecular weight excluding hydrogens is 300 g/mol. The summed E-state index contributed by atoms with van der Waals surface area (Å²) < 4.78 is 0. The summed E-state index contributed by atoms with van der Waals surface area (Å²) in [5, 5.41) is 3.06. The fourth-order valence-corrected chi connectivity index (χ4v) is 3.74. The first-order valence-electron chi connectivity index (χ1n) is 9.25. The molecule has 24 heavy (non-hydrogen) atoms. The second kappa shape index (κ2) is 8.49. The molecule has 1 aromatic rings. The summed E-state index contributed by atoms with van der Waals surface area (Å²) >= 11 is 0. The number of benzene rings is 1. The number of carbonyl (C=O) groups excluding carboxylic acids is 1. The topological polar surface area (TPSA) is 61.6 Å². The number of amides is 2. The molecular formula is C19H30N4O. The van der Waals surface area contributed by atoms with Crippen LogP contribution in [-0.4, -0.2) is 54.6 Å². The number of nitrogens with two attached hydrogens (primary N) is 1. The molecule has 1 aromatic carbocycles. The molecule has 0 saturated carbocycles. The highest BCUT2D eigenvalue weighted by Crippen LogP contribution is 2.21. The van der Waals surface area contributed by atoms with Crippen LogP contribution in [0.25, 0.3) is 0 Å². The number of hydrogen-bond acceptors (Lipinski definition) is 3. The molecule has 5 heteroatoms. The van der Waals surface area contributed by atoms with Gasteiger partial charge in [-0.05, 0) is 50.3 Å². The van der Waals surface area contributed by atoms with Crippen molar-refractivity contribution in [3.05, 3.63) is 35.9 Å². The van der Waals surface area contributed by atoms with Gasteiger partial charge < -0.3 is 16.0 Å². The van der Waals surface area contributed by atoms with Gasteiger partial charge in [-0.1, -0.05) is 30.3 Å². The Morgan fingerprint density at radius 1 is 1.12 bits per heavy atom. The molecule has 2 amide bonds. The molecule has 1 unspecified atom stereocenters. The number of likely N-dealkylation sites (tertiary alicyclic amines) is 2. The Labute approximate surface area is 145 Å². The zero-order chi connectivity index (χ0) is 16.8. The Morgan fingerprint density at radius 3 is 2.54 bits per heavy atom. The lowest BCUT2D eigenvalue weighted by molar-refractivity contribution is 0.170. The molecule has 132 valence electrons. The molecule has 3 N–H and O–H groups in total. The highest BCUT2D eigenvalue weighted by Gasteiger charge is 2.24. The van der Waals surface area contributed by atoms with E-state index in [-0.39, 0.29) is 12.1 Å². The quantitative estimate of drug-likeness (QED) is 0.868. The van der Waals surface area contributed by atoms with Crippen LogP contribution in [0.5, 0.6) is 0 Å². The Kier molecular flexibility index (Phi) is 6.10. The summed E-state index contributed by atoms with van der Waals surface area (Å²) in [6.45, 7) is 5.66. The molecule has 2 saturated heterocycles. The number of rotatable bonds is 5. The average molecular weight is 330 g/mol. The van der Waals surface area contributed by atoms with Gasteiger partial charge in [0.15, 0.2) is 0 Å². The largest absolute Gasteiger partial charge is 0.338 e. The zero-order valence-corrected chi connectivity index (χ0v) is 14.5. The molecule has 3 rings (SSSR count). The second-order valence-electron chi connectivity index (χ2n) is 7.22. The lowest BCUT2D eigenvalue weighted by atomic mass is 9.93. The molecule has 5 nitrogen and oxygen atoms in total. The second-order valence-corrected chi connectivity index (χ2v) is 7.22. The van der Waals surface area contributed by atoms with Crippen molar-refractivity contribution in [2.45, 2.75) is 38.3 Å². The summed E-state index contributed by atoms with van der Waals surface area (Å²) in [7, 11) is 0. The Bertz CT molecular complexity index is 513.